The molecule has 3 N–H and O–H groups in total. The van der Waals surface area contributed by atoms with E-state index in [-0.39, 0.29) is 12.0 Å². The van der Waals surface area contributed by atoms with E-state index in [0.29, 0.717) is 18.2 Å². The van der Waals surface area contributed by atoms with Crippen molar-refractivity contribution in [1.82, 2.24) is 14.5 Å². The standard InChI is InChI=1S/C16H29BN4S/c1-11(10-20(4)13(3)16(17)19-22)21(5)15(12(2)18)14-8-6-7-9-14/h14-16,19,22H,1-3,6-10,18H2,4-5H3/t15?,16-/m0/s1. The number of hydrogen-bond donors (Lipinski definition) is 3. The second-order valence-electron chi connectivity index (χ2n) is 6.20. The predicted molar refractivity (Wildman–Crippen MR) is 99.4 cm³/mol. The molecule has 6 heteroatoms. The van der Waals surface area contributed by atoms with Crippen LogP contribution in [0.2, 0.25) is 0 Å². The molecule has 1 saturated carbocycles. The molecular formula is C16H29BN4S. The highest BCUT2D eigenvalue weighted by molar-refractivity contribution is 7.78. The first kappa shape index (κ1) is 19.0. The van der Waals surface area contributed by atoms with Gasteiger partial charge < -0.3 is 15.5 Å². The first-order valence-electron chi connectivity index (χ1n) is 7.69. The number of nitrogens with two attached hydrogens (primary N) is 1. The van der Waals surface area contributed by atoms with Gasteiger partial charge in [-0.05, 0) is 18.8 Å². The highest BCUT2D eigenvalue weighted by Crippen LogP contribution is 2.33. The van der Waals surface area contributed by atoms with Crippen molar-refractivity contribution in [3.05, 3.63) is 36.8 Å². The van der Waals surface area contributed by atoms with Gasteiger partial charge in [-0.1, -0.05) is 45.4 Å². The van der Waals surface area contributed by atoms with Crippen LogP contribution in [0.3, 0.4) is 0 Å². The van der Waals surface area contributed by atoms with Gasteiger partial charge >= 0.3 is 0 Å². The van der Waals surface area contributed by atoms with Crippen molar-refractivity contribution < 1.29 is 0 Å². The van der Waals surface area contributed by atoms with E-state index in [1.165, 1.54) is 25.7 Å². The summed E-state index contributed by atoms with van der Waals surface area (Å²) in [5.41, 5.74) is 8.51. The fourth-order valence-corrected chi connectivity index (χ4v) is 3.29. The molecule has 0 heterocycles. The molecule has 0 amide bonds. The zero-order chi connectivity index (χ0) is 16.9. The number of nitrogens with zero attached hydrogens (tertiary/aromatic N) is 2. The van der Waals surface area contributed by atoms with Crippen LogP contribution < -0.4 is 10.5 Å². The molecular weight excluding hydrogens is 291 g/mol. The third kappa shape index (κ3) is 4.75. The Kier molecular flexibility index (Phi) is 7.43. The molecule has 1 aliphatic rings. The van der Waals surface area contributed by atoms with E-state index in [1.54, 1.807) is 0 Å². The topological polar surface area (TPSA) is 44.5 Å². The van der Waals surface area contributed by atoms with Crippen LogP contribution in [0.15, 0.2) is 36.8 Å². The molecule has 0 aromatic rings. The first-order chi connectivity index (χ1) is 10.3. The van der Waals surface area contributed by atoms with Crippen molar-refractivity contribution in [2.24, 2.45) is 11.7 Å². The molecule has 1 aliphatic carbocycles. The largest absolute Gasteiger partial charge is 0.401 e. The Bertz CT molecular complexity index is 420. The molecule has 2 atom stereocenters. The van der Waals surface area contributed by atoms with Gasteiger partial charge in [0.15, 0.2) is 0 Å². The molecule has 0 bridgehead atoms. The zero-order valence-electron chi connectivity index (χ0n) is 13.9. The Morgan fingerprint density at radius 3 is 2.32 bits per heavy atom. The fraction of sp³-hybridized carbons (Fsp3) is 0.625. The number of likely N-dealkylation sites (N-methyl/N-ethyl adjacent to an activating group) is 2. The quantitative estimate of drug-likeness (QED) is 0.448. The second-order valence-corrected chi connectivity index (χ2v) is 6.45. The maximum atomic E-state index is 6.07. The third-order valence-electron chi connectivity index (χ3n) is 4.55. The van der Waals surface area contributed by atoms with Gasteiger partial charge in [-0.2, -0.15) is 0 Å². The summed E-state index contributed by atoms with van der Waals surface area (Å²) in [5.74, 6) is 0.177. The van der Waals surface area contributed by atoms with Crippen LogP contribution in [0.5, 0.6) is 0 Å². The van der Waals surface area contributed by atoms with Crippen molar-refractivity contribution in [2.75, 3.05) is 20.6 Å². The van der Waals surface area contributed by atoms with E-state index in [9.17, 15) is 0 Å². The maximum Gasteiger partial charge on any atom is 0.101 e. The summed E-state index contributed by atoms with van der Waals surface area (Å²) >= 11 is 3.98. The molecule has 0 spiro atoms. The van der Waals surface area contributed by atoms with Gasteiger partial charge in [-0.25, -0.2) is 0 Å². The summed E-state index contributed by atoms with van der Waals surface area (Å²) in [6.45, 7) is 12.8. The highest BCUT2D eigenvalue weighted by atomic mass is 32.1. The van der Waals surface area contributed by atoms with Gasteiger partial charge in [0.25, 0.3) is 0 Å². The molecule has 1 fully saturated rings. The summed E-state index contributed by atoms with van der Waals surface area (Å²) in [5, 5.41) is 0. The summed E-state index contributed by atoms with van der Waals surface area (Å²) in [4.78, 5) is 4.12. The van der Waals surface area contributed by atoms with E-state index in [4.69, 9.17) is 13.6 Å². The Balaban J connectivity index is 2.69. The van der Waals surface area contributed by atoms with Crippen LogP contribution in [-0.4, -0.2) is 50.3 Å². The smallest absolute Gasteiger partial charge is 0.101 e. The minimum Gasteiger partial charge on any atom is -0.401 e. The van der Waals surface area contributed by atoms with Crippen LogP contribution in [0.25, 0.3) is 0 Å². The van der Waals surface area contributed by atoms with Gasteiger partial charge in [-0.15, -0.1) is 0 Å². The Hall–Kier alpha value is -1.01. The number of hydrogen-bond acceptors (Lipinski definition) is 5. The minimum atomic E-state index is -0.387. The molecule has 0 aliphatic heterocycles. The van der Waals surface area contributed by atoms with E-state index in [1.807, 2.05) is 19.0 Å². The van der Waals surface area contributed by atoms with Crippen LogP contribution in [0, 0.1) is 5.92 Å². The lowest BCUT2D eigenvalue weighted by molar-refractivity contribution is 0.234. The highest BCUT2D eigenvalue weighted by Gasteiger charge is 2.30. The zero-order valence-corrected chi connectivity index (χ0v) is 14.8. The lowest BCUT2D eigenvalue weighted by Gasteiger charge is -2.38. The molecule has 0 aromatic carbocycles. The molecule has 0 saturated heterocycles. The predicted octanol–water partition coefficient (Wildman–Crippen LogP) is 1.84. The van der Waals surface area contributed by atoms with E-state index in [2.05, 4.69) is 42.2 Å². The molecule has 2 radical (unpaired) electrons. The number of rotatable bonds is 9. The van der Waals surface area contributed by atoms with E-state index < -0.39 is 0 Å². The molecule has 122 valence electrons. The normalized spacial score (nSPS) is 17.8. The summed E-state index contributed by atoms with van der Waals surface area (Å²) in [6, 6.07) is 0.147. The Labute approximate surface area is 142 Å². The van der Waals surface area contributed by atoms with Crippen molar-refractivity contribution in [3.8, 4) is 0 Å². The van der Waals surface area contributed by atoms with Crippen molar-refractivity contribution >= 4 is 20.7 Å². The fourth-order valence-electron chi connectivity index (χ4n) is 3.14. The van der Waals surface area contributed by atoms with E-state index in [0.717, 1.165) is 11.4 Å². The summed E-state index contributed by atoms with van der Waals surface area (Å²) in [6.07, 6.45) is 4.95. The van der Waals surface area contributed by atoms with Crippen LogP contribution in [-0.2, 0) is 0 Å². The lowest BCUT2D eigenvalue weighted by Crippen LogP contribution is -2.43. The number of thiol groups is 1. The SMILES string of the molecule is [B][C@@H](NS)C(=C)N(C)CC(=C)N(C)C(C(=C)N)C1CCCC1. The van der Waals surface area contributed by atoms with Crippen LogP contribution >= 0.6 is 12.8 Å². The molecule has 0 aromatic heterocycles. The molecule has 22 heavy (non-hydrogen) atoms. The average molecular weight is 320 g/mol. The first-order valence-corrected chi connectivity index (χ1v) is 8.14. The third-order valence-corrected chi connectivity index (χ3v) is 4.83. The second kappa shape index (κ2) is 8.58. The van der Waals surface area contributed by atoms with Crippen molar-refractivity contribution in [1.29, 1.82) is 0 Å². The lowest BCUT2D eigenvalue weighted by atomic mass is 9.93. The summed E-state index contributed by atoms with van der Waals surface area (Å²) in [7, 11) is 9.85. The molecule has 4 nitrogen and oxygen atoms in total. The Morgan fingerprint density at radius 1 is 1.32 bits per heavy atom. The average Bonchev–Trinajstić information content (AvgIpc) is 2.98. The van der Waals surface area contributed by atoms with Gasteiger partial charge in [0.05, 0.1) is 12.6 Å². The minimum absolute atomic E-state index is 0.147. The van der Waals surface area contributed by atoms with Crippen molar-refractivity contribution in [2.45, 2.75) is 37.7 Å². The molecule has 1 rings (SSSR count). The molecule has 1 unspecified atom stereocenters. The Morgan fingerprint density at radius 2 is 1.86 bits per heavy atom. The number of nitrogens with one attached hydrogen (secondary N) is 1. The monoisotopic (exact) mass is 320 g/mol. The summed E-state index contributed by atoms with van der Waals surface area (Å²) < 4.78 is 2.69. The van der Waals surface area contributed by atoms with Crippen LogP contribution in [0.4, 0.5) is 0 Å². The van der Waals surface area contributed by atoms with Crippen LogP contribution in [0.1, 0.15) is 25.7 Å². The van der Waals surface area contributed by atoms with Gasteiger partial charge in [-0.3, -0.25) is 4.72 Å². The van der Waals surface area contributed by atoms with Crippen molar-refractivity contribution in [3.63, 3.8) is 0 Å². The van der Waals surface area contributed by atoms with E-state index >= 15 is 0 Å². The van der Waals surface area contributed by atoms with Gasteiger partial charge in [0.1, 0.15) is 7.85 Å². The van der Waals surface area contributed by atoms with Gasteiger partial charge in [0.2, 0.25) is 0 Å². The maximum absolute atomic E-state index is 6.07. The van der Waals surface area contributed by atoms with Gasteiger partial charge in [0, 0.05) is 37.1 Å².